The average molecular weight is 398 g/mol. The smallest absolute Gasteiger partial charge is 0.237 e. The number of pyridine rings is 1. The van der Waals surface area contributed by atoms with E-state index < -0.39 is 0 Å². The third-order valence-corrected chi connectivity index (χ3v) is 5.33. The van der Waals surface area contributed by atoms with Crippen LogP contribution in [0.3, 0.4) is 0 Å². The first-order valence-electron chi connectivity index (χ1n) is 9.60. The van der Waals surface area contributed by atoms with E-state index in [1.165, 1.54) is 0 Å². The molecule has 1 aliphatic heterocycles. The molecule has 0 saturated carbocycles. The second kappa shape index (κ2) is 9.78. The van der Waals surface area contributed by atoms with E-state index in [0.29, 0.717) is 22.8 Å². The molecule has 0 bridgehead atoms. The van der Waals surface area contributed by atoms with Gasteiger partial charge in [-0.15, -0.1) is 0 Å². The van der Waals surface area contributed by atoms with Crippen LogP contribution in [0.25, 0.3) is 11.5 Å². The zero-order valence-corrected chi connectivity index (χ0v) is 17.3. The molecule has 6 heteroatoms. The fourth-order valence-electron chi connectivity index (χ4n) is 3.14. The normalized spacial score (nSPS) is 15.8. The Hall–Kier alpha value is -2.28. The maximum absolute atomic E-state index is 13.3. The van der Waals surface area contributed by atoms with Gasteiger partial charge in [-0.25, -0.2) is 0 Å². The molecule has 3 rings (SSSR count). The van der Waals surface area contributed by atoms with Crippen LogP contribution in [0.4, 0.5) is 0 Å². The van der Waals surface area contributed by atoms with Crippen molar-refractivity contribution in [2.75, 3.05) is 39.4 Å². The topological polar surface area (TPSA) is 51.4 Å². The number of nitrogens with zero attached hydrogens (tertiary/aromatic N) is 2. The largest absolute Gasteiger partial charge is 0.867 e. The van der Waals surface area contributed by atoms with Gasteiger partial charge in [-0.2, -0.15) is 4.57 Å². The predicted molar refractivity (Wildman–Crippen MR) is 114 cm³/mol. The predicted octanol–water partition coefficient (Wildman–Crippen LogP) is 1.53. The number of aromatic nitrogens is 1. The van der Waals surface area contributed by atoms with Crippen LogP contribution in [-0.2, 0) is 4.74 Å². The van der Waals surface area contributed by atoms with E-state index in [1.807, 2.05) is 62.6 Å². The summed E-state index contributed by atoms with van der Waals surface area (Å²) in [6.45, 7) is 9.02. The number of morpholine rings is 1. The third kappa shape index (κ3) is 5.16. The highest BCUT2D eigenvalue weighted by Crippen LogP contribution is 2.18. The number of benzene rings is 1. The van der Waals surface area contributed by atoms with Crippen molar-refractivity contribution in [2.45, 2.75) is 13.8 Å². The van der Waals surface area contributed by atoms with Gasteiger partial charge in [0.25, 0.3) is 0 Å². The summed E-state index contributed by atoms with van der Waals surface area (Å²) in [5.41, 5.74) is 3.37. The number of thiocarbonyl (C=S) groups is 1. The Balaban J connectivity index is 1.82. The van der Waals surface area contributed by atoms with Crippen LogP contribution in [0.2, 0.25) is 0 Å². The number of rotatable bonds is 6. The highest BCUT2D eigenvalue weighted by Gasteiger charge is 2.19. The van der Waals surface area contributed by atoms with Crippen LogP contribution >= 0.6 is 12.2 Å². The molecule has 1 aromatic heterocycles. The number of hydrogen-bond donors (Lipinski definition) is 1. The highest BCUT2D eigenvalue weighted by atomic mass is 32.1. The quantitative estimate of drug-likeness (QED) is 0.347. The van der Waals surface area contributed by atoms with Crippen molar-refractivity contribution in [2.24, 2.45) is 0 Å². The average Bonchev–Trinajstić information content (AvgIpc) is 2.72. The van der Waals surface area contributed by atoms with Crippen molar-refractivity contribution < 1.29 is 14.4 Å². The summed E-state index contributed by atoms with van der Waals surface area (Å²) in [5, 5.41) is 16.6. The van der Waals surface area contributed by atoms with Crippen LogP contribution in [0.5, 0.6) is 0 Å². The number of nitrogens with one attached hydrogen (secondary N) is 1. The van der Waals surface area contributed by atoms with Gasteiger partial charge in [0.15, 0.2) is 17.4 Å². The fraction of sp³-hybridized carbons (Fsp3) is 0.364. The van der Waals surface area contributed by atoms with E-state index in [-0.39, 0.29) is 5.76 Å². The summed E-state index contributed by atoms with van der Waals surface area (Å²) in [4.78, 5) is 2.80. The van der Waals surface area contributed by atoms with E-state index in [0.717, 1.165) is 44.0 Å². The molecule has 0 aliphatic carbocycles. The Morgan fingerprint density at radius 3 is 2.54 bits per heavy atom. The minimum absolute atomic E-state index is 0.0804. The summed E-state index contributed by atoms with van der Waals surface area (Å²) in [6, 6.07) is 11.5. The molecule has 1 N–H and O–H groups in total. The number of hydrogen-bond acceptors (Lipinski definition) is 4. The van der Waals surface area contributed by atoms with Crippen LogP contribution in [0, 0.1) is 13.8 Å². The first-order valence-corrected chi connectivity index (χ1v) is 10.0. The second-order valence-electron chi connectivity index (χ2n) is 6.97. The molecule has 2 heterocycles. The molecule has 0 unspecified atom stereocenters. The summed E-state index contributed by atoms with van der Waals surface area (Å²) in [5.74, 6) is -0.0804. The highest BCUT2D eigenvalue weighted by molar-refractivity contribution is 7.81. The lowest BCUT2D eigenvalue weighted by Crippen LogP contribution is -2.45. The molecule has 1 aliphatic rings. The zero-order chi connectivity index (χ0) is 19.9. The van der Waals surface area contributed by atoms with Crippen molar-refractivity contribution in [3.63, 3.8) is 0 Å². The van der Waals surface area contributed by atoms with Crippen molar-refractivity contribution in [3.05, 3.63) is 65.5 Å². The van der Waals surface area contributed by atoms with Crippen LogP contribution in [-0.4, -0.2) is 49.3 Å². The number of aryl methyl sites for hydroxylation is 2. The van der Waals surface area contributed by atoms with Gasteiger partial charge >= 0.3 is 0 Å². The van der Waals surface area contributed by atoms with E-state index in [2.05, 4.69) is 10.2 Å². The Labute approximate surface area is 172 Å². The molecule has 0 radical (unpaired) electrons. The van der Waals surface area contributed by atoms with Gasteiger partial charge in [0.2, 0.25) is 5.70 Å². The van der Waals surface area contributed by atoms with Gasteiger partial charge in [-0.1, -0.05) is 36.5 Å². The van der Waals surface area contributed by atoms with Crippen molar-refractivity contribution in [3.8, 4) is 0 Å². The monoisotopic (exact) mass is 397 g/mol. The van der Waals surface area contributed by atoms with Gasteiger partial charge in [0.05, 0.1) is 13.2 Å². The molecule has 1 fully saturated rings. The van der Waals surface area contributed by atoms with E-state index in [9.17, 15) is 5.11 Å². The molecular weight excluding hydrogens is 370 g/mol. The second-order valence-corrected chi connectivity index (χ2v) is 7.38. The van der Waals surface area contributed by atoms with Crippen molar-refractivity contribution >= 4 is 28.7 Å². The van der Waals surface area contributed by atoms with Crippen LogP contribution in [0.1, 0.15) is 16.7 Å². The molecule has 0 spiro atoms. The molecule has 28 heavy (non-hydrogen) atoms. The maximum Gasteiger partial charge on any atom is 0.237 e. The molecule has 0 atom stereocenters. The first-order chi connectivity index (χ1) is 13.6. The Bertz CT molecular complexity index is 846. The lowest BCUT2D eigenvalue weighted by atomic mass is 10.0. The minimum atomic E-state index is -0.0804. The lowest BCUT2D eigenvalue weighted by Gasteiger charge is -2.26. The molecule has 5 nitrogen and oxygen atoms in total. The van der Waals surface area contributed by atoms with Gasteiger partial charge in [-0.3, -0.25) is 4.90 Å². The fourth-order valence-corrected chi connectivity index (χ4v) is 3.44. The lowest BCUT2D eigenvalue weighted by molar-refractivity contribution is -0.577. The molecule has 0 amide bonds. The Kier molecular flexibility index (Phi) is 7.14. The van der Waals surface area contributed by atoms with E-state index in [1.54, 1.807) is 4.57 Å². The third-order valence-electron chi connectivity index (χ3n) is 4.99. The van der Waals surface area contributed by atoms with Crippen LogP contribution < -0.4 is 15.0 Å². The Morgan fingerprint density at radius 1 is 1.14 bits per heavy atom. The summed E-state index contributed by atoms with van der Waals surface area (Å²) >= 11 is 5.63. The van der Waals surface area contributed by atoms with E-state index >= 15 is 0 Å². The van der Waals surface area contributed by atoms with E-state index in [4.69, 9.17) is 17.0 Å². The summed E-state index contributed by atoms with van der Waals surface area (Å²) < 4.78 is 7.17. The van der Waals surface area contributed by atoms with Crippen molar-refractivity contribution in [1.29, 1.82) is 0 Å². The summed E-state index contributed by atoms with van der Waals surface area (Å²) in [6.07, 6.45) is 3.70. The SMILES string of the molecule is Cc1ccc(C([O-])=C(C(=S)NCCN2CCOCC2)[n+]2ccccc2)cc1C. The first kappa shape index (κ1) is 20.5. The Morgan fingerprint density at radius 2 is 1.86 bits per heavy atom. The van der Waals surface area contributed by atoms with Gasteiger partial charge in [-0.05, 0) is 36.3 Å². The zero-order valence-electron chi connectivity index (χ0n) is 16.5. The van der Waals surface area contributed by atoms with Gasteiger partial charge in [0, 0.05) is 38.3 Å². The van der Waals surface area contributed by atoms with Gasteiger partial charge in [0.1, 0.15) is 0 Å². The van der Waals surface area contributed by atoms with Crippen LogP contribution in [0.15, 0.2) is 48.8 Å². The standard InChI is InChI=1S/C22H27N3O2S/c1-17-6-7-19(16-18(17)2)21(26)20(25-9-4-3-5-10-25)22(28)23-8-11-24-12-14-27-15-13-24/h3-7,9-10,16H,8,11-15H2,1-2H3,(H-,23,26,28). The molecular formula is C22H27N3O2S. The van der Waals surface area contributed by atoms with Crippen molar-refractivity contribution in [1.82, 2.24) is 10.2 Å². The number of ether oxygens (including phenoxy) is 1. The molecule has 1 saturated heterocycles. The molecule has 148 valence electrons. The van der Waals surface area contributed by atoms with Gasteiger partial charge < -0.3 is 15.2 Å². The summed E-state index contributed by atoms with van der Waals surface area (Å²) in [7, 11) is 0. The molecule has 2 aromatic rings. The maximum atomic E-state index is 13.3. The molecule has 1 aromatic carbocycles. The minimum Gasteiger partial charge on any atom is -0.867 e.